The molecular formula is C17H12N2O7S. The second-order valence-electron chi connectivity index (χ2n) is 5.61. The van der Waals surface area contributed by atoms with E-state index in [9.17, 15) is 33.0 Å². The first-order valence-electron chi connectivity index (χ1n) is 7.45. The van der Waals surface area contributed by atoms with Crippen molar-refractivity contribution in [3.05, 3.63) is 70.3 Å². The van der Waals surface area contributed by atoms with E-state index in [2.05, 4.69) is 5.32 Å². The van der Waals surface area contributed by atoms with E-state index < -0.39 is 25.8 Å². The Kier molecular flexibility index (Phi) is 4.52. The van der Waals surface area contributed by atoms with Gasteiger partial charge in [0.1, 0.15) is 10.6 Å². The summed E-state index contributed by atoms with van der Waals surface area (Å²) in [7, 11) is -4.65. The molecule has 1 amide bonds. The Bertz CT molecular complexity index is 1170. The zero-order valence-electron chi connectivity index (χ0n) is 13.5. The largest absolute Gasteiger partial charge is 0.508 e. The summed E-state index contributed by atoms with van der Waals surface area (Å²) in [6.07, 6.45) is 0. The summed E-state index contributed by atoms with van der Waals surface area (Å²) in [5.41, 5.74) is -0.344. The van der Waals surface area contributed by atoms with Gasteiger partial charge in [0.15, 0.2) is 0 Å². The Labute approximate surface area is 152 Å². The third-order valence-electron chi connectivity index (χ3n) is 3.79. The van der Waals surface area contributed by atoms with Crippen LogP contribution in [0.15, 0.2) is 59.5 Å². The molecule has 27 heavy (non-hydrogen) atoms. The summed E-state index contributed by atoms with van der Waals surface area (Å²) >= 11 is 0. The molecular weight excluding hydrogens is 376 g/mol. The number of aromatic hydroxyl groups is 1. The van der Waals surface area contributed by atoms with Crippen LogP contribution in [0.25, 0.3) is 10.8 Å². The molecule has 0 saturated carbocycles. The summed E-state index contributed by atoms with van der Waals surface area (Å²) < 4.78 is 32.8. The summed E-state index contributed by atoms with van der Waals surface area (Å²) in [6.45, 7) is 0. The SMILES string of the molecule is O=C(Nc1cc2cc(O)ccc2cc1S(=O)(=O)O)c1ccc([N+](=O)[O-])cc1. The zero-order chi connectivity index (χ0) is 19.8. The van der Waals surface area contributed by atoms with E-state index in [4.69, 9.17) is 0 Å². The summed E-state index contributed by atoms with van der Waals surface area (Å²) in [5.74, 6) is -0.788. The summed E-state index contributed by atoms with van der Waals surface area (Å²) in [4.78, 5) is 21.9. The molecule has 0 unspecified atom stereocenters. The average molecular weight is 388 g/mol. The number of carbonyl (C=O) groups excluding carboxylic acids is 1. The number of phenolic OH excluding ortho intramolecular Hbond substituents is 1. The number of carbonyl (C=O) groups is 1. The molecule has 9 nitrogen and oxygen atoms in total. The van der Waals surface area contributed by atoms with Gasteiger partial charge in [0.2, 0.25) is 0 Å². The maximum atomic E-state index is 12.4. The molecule has 3 rings (SSSR count). The van der Waals surface area contributed by atoms with E-state index >= 15 is 0 Å². The molecule has 0 aliphatic carbocycles. The van der Waals surface area contributed by atoms with Crippen molar-refractivity contribution in [1.29, 1.82) is 0 Å². The molecule has 0 aliphatic heterocycles. The first kappa shape index (κ1) is 18.3. The quantitative estimate of drug-likeness (QED) is 0.354. The maximum Gasteiger partial charge on any atom is 0.296 e. The van der Waals surface area contributed by atoms with Crippen LogP contribution in [0.2, 0.25) is 0 Å². The first-order valence-corrected chi connectivity index (χ1v) is 8.89. The molecule has 0 bridgehead atoms. The third-order valence-corrected chi connectivity index (χ3v) is 4.68. The molecule has 3 aromatic rings. The van der Waals surface area contributed by atoms with Crippen LogP contribution in [0, 0.1) is 10.1 Å². The smallest absolute Gasteiger partial charge is 0.296 e. The second kappa shape index (κ2) is 6.67. The van der Waals surface area contributed by atoms with Gasteiger partial charge >= 0.3 is 0 Å². The van der Waals surface area contributed by atoms with Gasteiger partial charge in [0, 0.05) is 17.7 Å². The molecule has 10 heteroatoms. The number of nitrogens with one attached hydrogen (secondary N) is 1. The molecule has 3 N–H and O–H groups in total. The summed E-state index contributed by atoms with van der Waals surface area (Å²) in [6, 6.07) is 11.3. The van der Waals surface area contributed by atoms with Crippen LogP contribution in [0.5, 0.6) is 5.75 Å². The van der Waals surface area contributed by atoms with Gasteiger partial charge < -0.3 is 10.4 Å². The highest BCUT2D eigenvalue weighted by Gasteiger charge is 2.19. The van der Waals surface area contributed by atoms with Crippen molar-refractivity contribution in [1.82, 2.24) is 0 Å². The van der Waals surface area contributed by atoms with Crippen LogP contribution in [-0.4, -0.2) is 28.9 Å². The number of benzene rings is 3. The zero-order valence-corrected chi connectivity index (χ0v) is 14.3. The molecule has 0 saturated heterocycles. The Morgan fingerprint density at radius 3 is 2.26 bits per heavy atom. The number of hydrogen-bond acceptors (Lipinski definition) is 6. The fourth-order valence-corrected chi connectivity index (χ4v) is 3.17. The van der Waals surface area contributed by atoms with Crippen molar-refractivity contribution < 1.29 is 27.8 Å². The monoisotopic (exact) mass is 388 g/mol. The Balaban J connectivity index is 2.04. The minimum Gasteiger partial charge on any atom is -0.508 e. The normalized spacial score (nSPS) is 11.3. The Morgan fingerprint density at radius 2 is 1.67 bits per heavy atom. The lowest BCUT2D eigenvalue weighted by molar-refractivity contribution is -0.384. The Morgan fingerprint density at radius 1 is 1.00 bits per heavy atom. The van der Waals surface area contributed by atoms with Crippen LogP contribution in [0.4, 0.5) is 11.4 Å². The lowest BCUT2D eigenvalue weighted by Gasteiger charge is -2.11. The molecule has 138 valence electrons. The van der Waals surface area contributed by atoms with E-state index in [1.807, 2.05) is 0 Å². The molecule has 0 aromatic heterocycles. The topological polar surface area (TPSA) is 147 Å². The Hall–Kier alpha value is -3.50. The van der Waals surface area contributed by atoms with Crippen LogP contribution >= 0.6 is 0 Å². The third kappa shape index (κ3) is 3.86. The molecule has 0 heterocycles. The van der Waals surface area contributed by atoms with E-state index in [1.165, 1.54) is 36.4 Å². The van der Waals surface area contributed by atoms with Gasteiger partial charge in [-0.2, -0.15) is 8.42 Å². The number of rotatable bonds is 4. The number of anilines is 1. The van der Waals surface area contributed by atoms with Crippen LogP contribution in [-0.2, 0) is 10.1 Å². The lowest BCUT2D eigenvalue weighted by atomic mass is 10.1. The van der Waals surface area contributed by atoms with Crippen LogP contribution in [0.3, 0.4) is 0 Å². The molecule has 0 fully saturated rings. The van der Waals surface area contributed by atoms with E-state index in [0.717, 1.165) is 18.2 Å². The van der Waals surface area contributed by atoms with Crippen molar-refractivity contribution in [3.8, 4) is 5.75 Å². The summed E-state index contributed by atoms with van der Waals surface area (Å²) in [5, 5.41) is 23.5. The highest BCUT2D eigenvalue weighted by molar-refractivity contribution is 7.86. The highest BCUT2D eigenvalue weighted by Crippen LogP contribution is 2.30. The number of phenols is 1. The first-order chi connectivity index (χ1) is 12.6. The van der Waals surface area contributed by atoms with Crippen molar-refractivity contribution in [2.75, 3.05) is 5.32 Å². The lowest BCUT2D eigenvalue weighted by Crippen LogP contribution is -2.14. The van der Waals surface area contributed by atoms with Gasteiger partial charge in [-0.25, -0.2) is 0 Å². The fourth-order valence-electron chi connectivity index (χ4n) is 2.50. The van der Waals surface area contributed by atoms with E-state index in [0.29, 0.717) is 10.8 Å². The minimum atomic E-state index is -4.65. The fraction of sp³-hybridized carbons (Fsp3) is 0. The van der Waals surface area contributed by atoms with Gasteiger partial charge in [0.05, 0.1) is 10.6 Å². The predicted molar refractivity (Wildman–Crippen MR) is 96.5 cm³/mol. The average Bonchev–Trinajstić information content (AvgIpc) is 2.60. The molecule has 0 spiro atoms. The molecule has 3 aromatic carbocycles. The number of fused-ring (bicyclic) bond motifs is 1. The number of nitrogens with zero attached hydrogens (tertiary/aromatic N) is 1. The van der Waals surface area contributed by atoms with Crippen molar-refractivity contribution in [3.63, 3.8) is 0 Å². The minimum absolute atomic E-state index is 0.0536. The van der Waals surface area contributed by atoms with Gasteiger partial charge in [0.25, 0.3) is 21.7 Å². The van der Waals surface area contributed by atoms with Gasteiger partial charge in [-0.1, -0.05) is 6.07 Å². The van der Waals surface area contributed by atoms with Crippen LogP contribution < -0.4 is 5.32 Å². The number of nitro benzene ring substituents is 1. The molecule has 0 radical (unpaired) electrons. The van der Waals surface area contributed by atoms with Gasteiger partial charge in [-0.3, -0.25) is 19.5 Å². The molecule has 0 atom stereocenters. The number of amides is 1. The predicted octanol–water partition coefficient (Wildman–Crippen LogP) is 2.95. The highest BCUT2D eigenvalue weighted by atomic mass is 32.2. The van der Waals surface area contributed by atoms with E-state index in [-0.39, 0.29) is 22.7 Å². The van der Waals surface area contributed by atoms with Crippen LogP contribution in [0.1, 0.15) is 10.4 Å². The standard InChI is InChI=1S/C17H12N2O7S/c20-14-6-3-11-9-16(27(24,25)26)15(8-12(11)7-14)18-17(21)10-1-4-13(5-2-10)19(22)23/h1-9,20H,(H,18,21)(H,24,25,26). The van der Waals surface area contributed by atoms with Crippen molar-refractivity contribution in [2.45, 2.75) is 4.90 Å². The van der Waals surface area contributed by atoms with Gasteiger partial charge in [-0.05, 0) is 47.2 Å². The second-order valence-corrected chi connectivity index (χ2v) is 7.00. The number of non-ortho nitro benzene ring substituents is 1. The van der Waals surface area contributed by atoms with E-state index in [1.54, 1.807) is 0 Å². The van der Waals surface area contributed by atoms with Crippen molar-refractivity contribution >= 4 is 38.2 Å². The number of hydrogen-bond donors (Lipinski definition) is 3. The number of nitro groups is 1. The molecule has 0 aliphatic rings. The maximum absolute atomic E-state index is 12.4. The van der Waals surface area contributed by atoms with Crippen molar-refractivity contribution in [2.24, 2.45) is 0 Å². The van der Waals surface area contributed by atoms with Gasteiger partial charge in [-0.15, -0.1) is 0 Å².